The number of aryl methyl sites for hydroxylation is 1. The van der Waals surface area contributed by atoms with Crippen LogP contribution >= 0.6 is 0 Å². The number of carbonyl (C=O) groups is 2. The molecule has 1 saturated heterocycles. The van der Waals surface area contributed by atoms with E-state index in [9.17, 15) is 19.7 Å². The van der Waals surface area contributed by atoms with Crippen molar-refractivity contribution in [1.82, 2.24) is 9.80 Å². The van der Waals surface area contributed by atoms with Crippen molar-refractivity contribution in [3.05, 3.63) is 57.6 Å². The number of piperazine rings is 1. The number of methoxy groups -OCH3 is 1. The van der Waals surface area contributed by atoms with Crippen LogP contribution in [0.3, 0.4) is 0 Å². The van der Waals surface area contributed by atoms with E-state index in [0.29, 0.717) is 24.5 Å². The maximum absolute atomic E-state index is 13.2. The molecule has 0 aliphatic carbocycles. The molecule has 200 valence electrons. The molecule has 10 nitrogen and oxygen atoms in total. The Morgan fingerprint density at radius 1 is 1.03 bits per heavy atom. The van der Waals surface area contributed by atoms with E-state index in [2.05, 4.69) is 11.9 Å². The second kappa shape index (κ2) is 13.0. The Kier molecular flexibility index (Phi) is 9.85. The highest BCUT2D eigenvalue weighted by atomic mass is 16.6. The minimum Gasteiger partial charge on any atom is -0.491 e. The van der Waals surface area contributed by atoms with Crippen molar-refractivity contribution in [2.45, 2.75) is 32.6 Å². The third-order valence-corrected chi connectivity index (χ3v) is 6.55. The number of rotatable bonds is 11. The van der Waals surface area contributed by atoms with Gasteiger partial charge < -0.3 is 24.2 Å². The molecule has 0 saturated carbocycles. The van der Waals surface area contributed by atoms with Gasteiger partial charge in [-0.05, 0) is 57.0 Å². The molecule has 0 spiro atoms. The smallest absolute Gasteiger partial charge is 0.310 e. The molecule has 0 aromatic heterocycles. The minimum absolute atomic E-state index is 0.0238. The molecule has 10 heteroatoms. The number of ether oxygens (including phenoxy) is 2. The van der Waals surface area contributed by atoms with E-state index in [1.807, 2.05) is 30.0 Å². The van der Waals surface area contributed by atoms with Crippen LogP contribution in [-0.2, 0) is 4.79 Å². The molecule has 2 aromatic carbocycles. The molecule has 0 atom stereocenters. The van der Waals surface area contributed by atoms with Gasteiger partial charge in [-0.25, -0.2) is 0 Å². The standard InChI is InChI=1S/C27H36N4O6/c1-20-9-11-22(29(3)27(33)21-10-12-23(31(34)35)24(19-21)36-4)25(18-20)37-17-7-5-6-8-26(32)30-15-13-28(2)14-16-30/h9-12,18-19H,5-8,13-17H2,1-4H3. The summed E-state index contributed by atoms with van der Waals surface area (Å²) in [6, 6.07) is 9.65. The van der Waals surface area contributed by atoms with E-state index < -0.39 is 4.92 Å². The number of amides is 2. The zero-order valence-electron chi connectivity index (χ0n) is 22.1. The fraction of sp³-hybridized carbons (Fsp3) is 0.481. The van der Waals surface area contributed by atoms with Crippen LogP contribution in [0.25, 0.3) is 0 Å². The van der Waals surface area contributed by atoms with Crippen LogP contribution in [0.5, 0.6) is 11.5 Å². The van der Waals surface area contributed by atoms with Crippen molar-refractivity contribution in [2.75, 3.05) is 58.9 Å². The molecule has 3 rings (SSSR count). The Morgan fingerprint density at radius 3 is 2.43 bits per heavy atom. The molecule has 37 heavy (non-hydrogen) atoms. The maximum Gasteiger partial charge on any atom is 0.310 e. The lowest BCUT2D eigenvalue weighted by Crippen LogP contribution is -2.47. The Labute approximate surface area is 217 Å². The van der Waals surface area contributed by atoms with Gasteiger partial charge in [0.1, 0.15) is 5.75 Å². The van der Waals surface area contributed by atoms with Gasteiger partial charge in [0.25, 0.3) is 5.91 Å². The molecular weight excluding hydrogens is 476 g/mol. The summed E-state index contributed by atoms with van der Waals surface area (Å²) >= 11 is 0. The minimum atomic E-state index is -0.551. The van der Waals surface area contributed by atoms with Crippen molar-refractivity contribution in [2.24, 2.45) is 0 Å². The van der Waals surface area contributed by atoms with Crippen LogP contribution in [0.2, 0.25) is 0 Å². The normalized spacial score (nSPS) is 13.8. The topological polar surface area (TPSA) is 105 Å². The first-order valence-electron chi connectivity index (χ1n) is 12.5. The second-order valence-electron chi connectivity index (χ2n) is 9.32. The van der Waals surface area contributed by atoms with Crippen LogP contribution in [-0.4, -0.2) is 80.5 Å². The predicted molar refractivity (Wildman–Crippen MR) is 142 cm³/mol. The highest BCUT2D eigenvalue weighted by Gasteiger charge is 2.22. The van der Waals surface area contributed by atoms with Gasteiger partial charge in [-0.2, -0.15) is 0 Å². The molecule has 1 aliphatic heterocycles. The van der Waals surface area contributed by atoms with Crippen molar-refractivity contribution >= 4 is 23.2 Å². The number of anilines is 1. The summed E-state index contributed by atoms with van der Waals surface area (Å²) in [6.07, 6.45) is 3.03. The highest BCUT2D eigenvalue weighted by Crippen LogP contribution is 2.32. The summed E-state index contributed by atoms with van der Waals surface area (Å²) in [5, 5.41) is 11.2. The highest BCUT2D eigenvalue weighted by molar-refractivity contribution is 6.07. The number of carbonyl (C=O) groups excluding carboxylic acids is 2. The molecular formula is C27H36N4O6. The third-order valence-electron chi connectivity index (χ3n) is 6.55. The van der Waals surface area contributed by atoms with Crippen LogP contribution in [0.15, 0.2) is 36.4 Å². The summed E-state index contributed by atoms with van der Waals surface area (Å²) in [4.78, 5) is 41.8. The number of likely N-dealkylation sites (N-methyl/N-ethyl adjacent to an activating group) is 1. The van der Waals surface area contributed by atoms with Gasteiger partial charge in [0, 0.05) is 57.3 Å². The second-order valence-corrected chi connectivity index (χ2v) is 9.32. The maximum atomic E-state index is 13.2. The lowest BCUT2D eigenvalue weighted by Gasteiger charge is -2.32. The van der Waals surface area contributed by atoms with E-state index in [1.165, 1.54) is 30.2 Å². The molecule has 2 aromatic rings. The number of nitro groups is 1. The van der Waals surface area contributed by atoms with Gasteiger partial charge in [0.2, 0.25) is 5.91 Å². The van der Waals surface area contributed by atoms with Crippen molar-refractivity contribution in [3.8, 4) is 11.5 Å². The van der Waals surface area contributed by atoms with Gasteiger partial charge in [0.15, 0.2) is 5.75 Å². The first kappa shape index (κ1) is 27.9. The molecule has 0 unspecified atom stereocenters. The number of unbranched alkanes of at least 4 members (excludes halogenated alkanes) is 2. The van der Waals surface area contributed by atoms with Gasteiger partial charge in [0.05, 0.1) is 24.3 Å². The lowest BCUT2D eigenvalue weighted by molar-refractivity contribution is -0.385. The first-order chi connectivity index (χ1) is 17.7. The largest absolute Gasteiger partial charge is 0.491 e. The van der Waals surface area contributed by atoms with Crippen LogP contribution < -0.4 is 14.4 Å². The van der Waals surface area contributed by atoms with Gasteiger partial charge >= 0.3 is 5.69 Å². The molecule has 0 N–H and O–H groups in total. The Bertz CT molecular complexity index is 1110. The van der Waals surface area contributed by atoms with Crippen molar-refractivity contribution in [1.29, 1.82) is 0 Å². The lowest BCUT2D eigenvalue weighted by atomic mass is 10.1. The number of nitro benzene ring substituents is 1. The molecule has 2 amide bonds. The van der Waals surface area contributed by atoms with Crippen LogP contribution in [0, 0.1) is 17.0 Å². The average Bonchev–Trinajstić information content (AvgIpc) is 2.89. The predicted octanol–water partition coefficient (Wildman–Crippen LogP) is 3.90. The average molecular weight is 513 g/mol. The third kappa shape index (κ3) is 7.42. The van der Waals surface area contributed by atoms with Gasteiger partial charge in [-0.1, -0.05) is 6.07 Å². The number of hydrogen-bond acceptors (Lipinski definition) is 7. The SMILES string of the molecule is COc1cc(C(=O)N(C)c2ccc(C)cc2OCCCCCC(=O)N2CCN(C)CC2)ccc1[N+](=O)[O-]. The Morgan fingerprint density at radius 2 is 1.76 bits per heavy atom. The van der Waals surface area contributed by atoms with E-state index >= 15 is 0 Å². The number of hydrogen-bond donors (Lipinski definition) is 0. The summed E-state index contributed by atoms with van der Waals surface area (Å²) in [7, 11) is 5.04. The molecule has 1 heterocycles. The zero-order chi connectivity index (χ0) is 26.9. The molecule has 0 bridgehead atoms. The monoisotopic (exact) mass is 512 g/mol. The summed E-state index contributed by atoms with van der Waals surface area (Å²) < 4.78 is 11.1. The van der Waals surface area contributed by atoms with E-state index in [1.54, 1.807) is 7.05 Å². The number of benzene rings is 2. The van der Waals surface area contributed by atoms with Crippen molar-refractivity contribution < 1.29 is 24.0 Å². The quantitative estimate of drug-likeness (QED) is 0.255. The van der Waals surface area contributed by atoms with Gasteiger partial charge in [-0.3, -0.25) is 19.7 Å². The summed E-state index contributed by atoms with van der Waals surface area (Å²) in [5.74, 6) is 0.483. The fourth-order valence-corrected chi connectivity index (χ4v) is 4.23. The Hall–Kier alpha value is -3.66. The Balaban J connectivity index is 1.55. The summed E-state index contributed by atoms with van der Waals surface area (Å²) in [5.41, 5.74) is 1.65. The molecule has 0 radical (unpaired) electrons. The van der Waals surface area contributed by atoms with Crippen molar-refractivity contribution in [3.63, 3.8) is 0 Å². The van der Waals surface area contributed by atoms with E-state index in [4.69, 9.17) is 9.47 Å². The fourth-order valence-electron chi connectivity index (χ4n) is 4.23. The van der Waals surface area contributed by atoms with Gasteiger partial charge in [-0.15, -0.1) is 0 Å². The molecule has 1 fully saturated rings. The van der Waals surface area contributed by atoms with Crippen LogP contribution in [0.4, 0.5) is 11.4 Å². The summed E-state index contributed by atoms with van der Waals surface area (Å²) in [6.45, 7) is 5.86. The first-order valence-corrected chi connectivity index (χ1v) is 12.5. The molecule has 1 aliphatic rings. The zero-order valence-corrected chi connectivity index (χ0v) is 22.1. The van der Waals surface area contributed by atoms with E-state index in [-0.39, 0.29) is 28.8 Å². The van der Waals surface area contributed by atoms with E-state index in [0.717, 1.165) is 51.0 Å². The number of nitrogens with zero attached hydrogens (tertiary/aromatic N) is 4. The van der Waals surface area contributed by atoms with Crippen LogP contribution in [0.1, 0.15) is 41.6 Å².